The zero-order valence-electron chi connectivity index (χ0n) is 11.8. The van der Waals surface area contributed by atoms with E-state index in [0.717, 1.165) is 36.0 Å². The molecule has 1 aliphatic carbocycles. The van der Waals surface area contributed by atoms with E-state index in [4.69, 9.17) is 11.6 Å². The average Bonchev–Trinajstić information content (AvgIpc) is 3.08. The lowest BCUT2D eigenvalue weighted by Gasteiger charge is -2.00. The van der Waals surface area contributed by atoms with Crippen LogP contribution in [0.2, 0.25) is 5.15 Å². The van der Waals surface area contributed by atoms with Crippen LogP contribution in [0.15, 0.2) is 6.20 Å². The van der Waals surface area contributed by atoms with Crippen LogP contribution in [-0.2, 0) is 20.1 Å². The molecule has 2 aromatic rings. The highest BCUT2D eigenvalue weighted by molar-refractivity contribution is 6.30. The Bertz CT molecular complexity index is 598. The molecule has 1 aliphatic rings. The Labute approximate surface area is 123 Å². The summed E-state index contributed by atoms with van der Waals surface area (Å²) < 4.78 is 3.49. The molecule has 0 saturated heterocycles. The van der Waals surface area contributed by atoms with Crippen molar-refractivity contribution in [3.63, 3.8) is 0 Å². The summed E-state index contributed by atoms with van der Waals surface area (Å²) >= 11 is 6.22. The Balaban J connectivity index is 1.61. The standard InChI is InChI=1S/C13H19ClN6/c1-9-12(13(14)19(2)17-9)8-20-7-11(16-18-20)6-15-5-10-3-4-10/h7,10,15H,3-6,8H2,1-2H3. The van der Waals surface area contributed by atoms with Gasteiger partial charge in [0, 0.05) is 19.2 Å². The first-order valence-corrected chi connectivity index (χ1v) is 7.29. The van der Waals surface area contributed by atoms with Crippen LogP contribution in [0.5, 0.6) is 0 Å². The summed E-state index contributed by atoms with van der Waals surface area (Å²) in [4.78, 5) is 0. The molecule has 0 aromatic carbocycles. The van der Waals surface area contributed by atoms with Gasteiger partial charge in [-0.25, -0.2) is 4.68 Å². The monoisotopic (exact) mass is 294 g/mol. The van der Waals surface area contributed by atoms with Crippen molar-refractivity contribution in [3.05, 3.63) is 28.3 Å². The number of nitrogens with one attached hydrogen (secondary N) is 1. The molecule has 2 heterocycles. The number of aromatic nitrogens is 5. The maximum Gasteiger partial charge on any atom is 0.132 e. The topological polar surface area (TPSA) is 60.6 Å². The van der Waals surface area contributed by atoms with Gasteiger partial charge in [-0.2, -0.15) is 5.10 Å². The average molecular weight is 295 g/mol. The van der Waals surface area contributed by atoms with E-state index in [2.05, 4.69) is 20.7 Å². The zero-order valence-corrected chi connectivity index (χ0v) is 12.6. The van der Waals surface area contributed by atoms with E-state index >= 15 is 0 Å². The molecule has 3 rings (SSSR count). The second-order valence-corrected chi connectivity index (χ2v) is 5.82. The van der Waals surface area contributed by atoms with Crippen LogP contribution in [0.4, 0.5) is 0 Å². The van der Waals surface area contributed by atoms with Crippen molar-refractivity contribution in [2.24, 2.45) is 13.0 Å². The highest BCUT2D eigenvalue weighted by Crippen LogP contribution is 2.27. The fourth-order valence-corrected chi connectivity index (χ4v) is 2.47. The molecule has 6 nitrogen and oxygen atoms in total. The van der Waals surface area contributed by atoms with Crippen molar-refractivity contribution in [1.82, 2.24) is 30.1 Å². The SMILES string of the molecule is Cc1nn(C)c(Cl)c1Cn1cc(CNCC2CC2)nn1. The Morgan fingerprint density at radius 2 is 2.25 bits per heavy atom. The quantitative estimate of drug-likeness (QED) is 0.877. The largest absolute Gasteiger partial charge is 0.311 e. The summed E-state index contributed by atoms with van der Waals surface area (Å²) in [6, 6.07) is 0. The summed E-state index contributed by atoms with van der Waals surface area (Å²) in [7, 11) is 1.84. The van der Waals surface area contributed by atoms with Crippen molar-refractivity contribution in [2.75, 3.05) is 6.54 Å². The molecular weight excluding hydrogens is 276 g/mol. The van der Waals surface area contributed by atoms with Crippen LogP contribution in [0.1, 0.15) is 29.8 Å². The van der Waals surface area contributed by atoms with E-state index < -0.39 is 0 Å². The lowest BCUT2D eigenvalue weighted by molar-refractivity contribution is 0.626. The number of nitrogens with zero attached hydrogens (tertiary/aromatic N) is 5. The van der Waals surface area contributed by atoms with Crippen LogP contribution in [-0.4, -0.2) is 31.3 Å². The fraction of sp³-hybridized carbons (Fsp3) is 0.615. The molecule has 0 atom stereocenters. The first kappa shape index (κ1) is 13.6. The first-order valence-electron chi connectivity index (χ1n) is 6.91. The van der Waals surface area contributed by atoms with E-state index in [9.17, 15) is 0 Å². The normalized spacial score (nSPS) is 14.9. The maximum absolute atomic E-state index is 6.22. The van der Waals surface area contributed by atoms with Gasteiger partial charge in [-0.3, -0.25) is 4.68 Å². The Morgan fingerprint density at radius 1 is 1.45 bits per heavy atom. The third-order valence-corrected chi connectivity index (χ3v) is 4.08. The predicted octanol–water partition coefficient (Wildman–Crippen LogP) is 1.52. The lowest BCUT2D eigenvalue weighted by atomic mass is 10.2. The number of hydrogen-bond acceptors (Lipinski definition) is 4. The molecule has 1 saturated carbocycles. The highest BCUT2D eigenvalue weighted by Gasteiger charge is 2.20. The second-order valence-electron chi connectivity index (χ2n) is 5.46. The van der Waals surface area contributed by atoms with Gasteiger partial charge in [0.2, 0.25) is 0 Å². The van der Waals surface area contributed by atoms with Crippen LogP contribution in [0, 0.1) is 12.8 Å². The van der Waals surface area contributed by atoms with Gasteiger partial charge in [0.05, 0.1) is 24.1 Å². The van der Waals surface area contributed by atoms with Gasteiger partial charge in [0.25, 0.3) is 0 Å². The minimum absolute atomic E-state index is 0.605. The molecule has 0 amide bonds. The Hall–Kier alpha value is -1.40. The summed E-state index contributed by atoms with van der Waals surface area (Å²) in [5.74, 6) is 0.877. The smallest absolute Gasteiger partial charge is 0.132 e. The molecule has 0 spiro atoms. The van der Waals surface area contributed by atoms with Crippen molar-refractivity contribution in [2.45, 2.75) is 32.9 Å². The number of rotatable bonds is 6. The summed E-state index contributed by atoms with van der Waals surface area (Å²) in [6.07, 6.45) is 4.68. The number of aryl methyl sites for hydroxylation is 2. The van der Waals surface area contributed by atoms with Gasteiger partial charge < -0.3 is 5.32 Å². The molecule has 7 heteroatoms. The van der Waals surface area contributed by atoms with Gasteiger partial charge in [-0.1, -0.05) is 16.8 Å². The molecule has 1 fully saturated rings. The minimum Gasteiger partial charge on any atom is -0.311 e. The zero-order chi connectivity index (χ0) is 14.1. The second kappa shape index (κ2) is 5.54. The Kier molecular flexibility index (Phi) is 3.76. The molecule has 1 N–H and O–H groups in total. The first-order chi connectivity index (χ1) is 9.63. The molecule has 108 valence electrons. The van der Waals surface area contributed by atoms with Gasteiger partial charge in [-0.05, 0) is 32.2 Å². The molecular formula is C13H19ClN6. The molecule has 0 bridgehead atoms. The summed E-state index contributed by atoms with van der Waals surface area (Å²) in [5.41, 5.74) is 2.89. The molecule has 2 aromatic heterocycles. The summed E-state index contributed by atoms with van der Waals surface area (Å²) in [5, 5.41) is 16.7. The number of halogens is 1. The fourth-order valence-electron chi connectivity index (χ4n) is 2.24. The molecule has 20 heavy (non-hydrogen) atoms. The third-order valence-electron chi connectivity index (χ3n) is 3.61. The van der Waals surface area contributed by atoms with Crippen molar-refractivity contribution < 1.29 is 0 Å². The van der Waals surface area contributed by atoms with Crippen molar-refractivity contribution in [3.8, 4) is 0 Å². The van der Waals surface area contributed by atoms with E-state index in [1.54, 1.807) is 4.68 Å². The van der Waals surface area contributed by atoms with Gasteiger partial charge >= 0.3 is 0 Å². The van der Waals surface area contributed by atoms with Crippen LogP contribution in [0.3, 0.4) is 0 Å². The van der Waals surface area contributed by atoms with E-state index in [-0.39, 0.29) is 0 Å². The molecule has 0 aliphatic heterocycles. The van der Waals surface area contributed by atoms with Gasteiger partial charge in [0.1, 0.15) is 5.15 Å². The van der Waals surface area contributed by atoms with Gasteiger partial charge in [0.15, 0.2) is 0 Å². The maximum atomic E-state index is 6.22. The van der Waals surface area contributed by atoms with Crippen LogP contribution < -0.4 is 5.32 Å². The molecule has 0 unspecified atom stereocenters. The Morgan fingerprint density at radius 3 is 2.90 bits per heavy atom. The van der Waals surface area contributed by atoms with E-state index in [1.165, 1.54) is 12.8 Å². The van der Waals surface area contributed by atoms with Crippen LogP contribution in [0.25, 0.3) is 0 Å². The predicted molar refractivity (Wildman–Crippen MR) is 76.5 cm³/mol. The van der Waals surface area contributed by atoms with E-state index in [0.29, 0.717) is 11.7 Å². The van der Waals surface area contributed by atoms with E-state index in [1.807, 2.05) is 24.9 Å². The minimum atomic E-state index is 0.605. The summed E-state index contributed by atoms with van der Waals surface area (Å²) in [6.45, 7) is 4.42. The highest BCUT2D eigenvalue weighted by atomic mass is 35.5. The van der Waals surface area contributed by atoms with Gasteiger partial charge in [-0.15, -0.1) is 5.10 Å². The van der Waals surface area contributed by atoms with Crippen LogP contribution >= 0.6 is 11.6 Å². The molecule has 0 radical (unpaired) electrons. The lowest BCUT2D eigenvalue weighted by Crippen LogP contribution is -2.16. The van der Waals surface area contributed by atoms with Crippen molar-refractivity contribution in [1.29, 1.82) is 0 Å². The van der Waals surface area contributed by atoms with Crippen molar-refractivity contribution >= 4 is 11.6 Å². The third kappa shape index (κ3) is 3.02. The number of hydrogen-bond donors (Lipinski definition) is 1.